The molecule has 27 heavy (non-hydrogen) atoms. The molecule has 6 nitrogen and oxygen atoms in total. The van der Waals surface area contributed by atoms with E-state index in [-0.39, 0.29) is 10.8 Å². The number of hydrogen-bond donors (Lipinski definition) is 1. The van der Waals surface area contributed by atoms with Gasteiger partial charge < -0.3 is 5.32 Å². The van der Waals surface area contributed by atoms with Crippen LogP contribution in [0.1, 0.15) is 41.3 Å². The standard InChI is InChI=1S/C20H25N3O3S/c1-15-7-10-23(11-8-15)27(25,26)18-6-5-16(2)19(12-18)20(24)22-14-17-4-3-9-21-13-17/h3-6,9,12-13,15H,7-8,10-11,14H2,1-2H3,(H,22,24). The molecule has 0 spiro atoms. The lowest BCUT2D eigenvalue weighted by molar-refractivity contribution is 0.0950. The highest BCUT2D eigenvalue weighted by Gasteiger charge is 2.28. The third kappa shape index (κ3) is 4.54. The number of nitrogens with zero attached hydrogens (tertiary/aromatic N) is 2. The van der Waals surface area contributed by atoms with Crippen LogP contribution >= 0.6 is 0 Å². The maximum absolute atomic E-state index is 12.9. The minimum Gasteiger partial charge on any atom is -0.348 e. The number of hydrogen-bond acceptors (Lipinski definition) is 4. The fraction of sp³-hybridized carbons (Fsp3) is 0.400. The fourth-order valence-corrected chi connectivity index (χ4v) is 4.66. The summed E-state index contributed by atoms with van der Waals surface area (Å²) in [5.74, 6) is 0.254. The number of rotatable bonds is 5. The molecule has 1 amide bonds. The molecule has 1 aliphatic heterocycles. The summed E-state index contributed by atoms with van der Waals surface area (Å²) in [4.78, 5) is 16.8. The van der Waals surface area contributed by atoms with Crippen LogP contribution in [-0.4, -0.2) is 36.7 Å². The Morgan fingerprint density at radius 1 is 1.26 bits per heavy atom. The topological polar surface area (TPSA) is 79.4 Å². The average Bonchev–Trinajstić information content (AvgIpc) is 2.67. The van der Waals surface area contributed by atoms with Gasteiger partial charge in [0.1, 0.15) is 0 Å². The first-order chi connectivity index (χ1) is 12.9. The van der Waals surface area contributed by atoms with E-state index in [1.54, 1.807) is 37.5 Å². The number of aryl methyl sites for hydroxylation is 1. The minimum atomic E-state index is -3.58. The van der Waals surface area contributed by atoms with E-state index in [9.17, 15) is 13.2 Å². The van der Waals surface area contributed by atoms with Crippen molar-refractivity contribution >= 4 is 15.9 Å². The van der Waals surface area contributed by atoms with Crippen molar-refractivity contribution in [2.45, 2.75) is 38.1 Å². The van der Waals surface area contributed by atoms with E-state index in [0.717, 1.165) is 24.0 Å². The monoisotopic (exact) mass is 387 g/mol. The molecule has 1 fully saturated rings. The van der Waals surface area contributed by atoms with Crippen LogP contribution in [0.2, 0.25) is 0 Å². The van der Waals surface area contributed by atoms with Gasteiger partial charge in [0, 0.05) is 37.6 Å². The number of carbonyl (C=O) groups excluding carboxylic acids is 1. The molecule has 0 atom stereocenters. The number of sulfonamides is 1. The molecule has 0 radical (unpaired) electrons. The highest BCUT2D eigenvalue weighted by Crippen LogP contribution is 2.25. The Morgan fingerprint density at radius 2 is 2.00 bits per heavy atom. The molecule has 3 rings (SSSR count). The molecule has 2 heterocycles. The summed E-state index contributed by atoms with van der Waals surface area (Å²) in [6, 6.07) is 8.44. The fourth-order valence-electron chi connectivity index (χ4n) is 3.16. The van der Waals surface area contributed by atoms with E-state index in [1.165, 1.54) is 10.4 Å². The Kier molecular flexibility index (Phi) is 5.92. The third-order valence-electron chi connectivity index (χ3n) is 5.01. The Balaban J connectivity index is 1.78. The van der Waals surface area contributed by atoms with Crippen LogP contribution in [0.3, 0.4) is 0 Å². The first kappa shape index (κ1) is 19.5. The van der Waals surface area contributed by atoms with Gasteiger partial charge in [0.15, 0.2) is 0 Å². The second-order valence-electron chi connectivity index (χ2n) is 7.11. The van der Waals surface area contributed by atoms with Crippen LogP contribution in [0.15, 0.2) is 47.6 Å². The molecule has 7 heteroatoms. The highest BCUT2D eigenvalue weighted by molar-refractivity contribution is 7.89. The number of pyridine rings is 1. The van der Waals surface area contributed by atoms with Crippen LogP contribution < -0.4 is 5.32 Å². The van der Waals surface area contributed by atoms with Crippen molar-refractivity contribution in [2.24, 2.45) is 5.92 Å². The van der Waals surface area contributed by atoms with Crippen LogP contribution in [-0.2, 0) is 16.6 Å². The van der Waals surface area contributed by atoms with Crippen LogP contribution in [0.5, 0.6) is 0 Å². The quantitative estimate of drug-likeness (QED) is 0.856. The second kappa shape index (κ2) is 8.19. The van der Waals surface area contributed by atoms with Crippen molar-refractivity contribution in [2.75, 3.05) is 13.1 Å². The molecule has 1 aromatic carbocycles. The molecule has 0 aliphatic carbocycles. The van der Waals surface area contributed by atoms with E-state index < -0.39 is 10.0 Å². The van der Waals surface area contributed by atoms with Gasteiger partial charge in [-0.25, -0.2) is 8.42 Å². The first-order valence-corrected chi connectivity index (χ1v) is 10.6. The van der Waals surface area contributed by atoms with Gasteiger partial charge >= 0.3 is 0 Å². The third-order valence-corrected chi connectivity index (χ3v) is 6.90. The number of nitrogens with one attached hydrogen (secondary N) is 1. The molecule has 0 saturated carbocycles. The summed E-state index contributed by atoms with van der Waals surface area (Å²) < 4.78 is 27.4. The van der Waals surface area contributed by atoms with Crippen LogP contribution in [0.4, 0.5) is 0 Å². The van der Waals surface area contributed by atoms with Gasteiger partial charge in [-0.2, -0.15) is 4.31 Å². The zero-order valence-electron chi connectivity index (χ0n) is 15.7. The van der Waals surface area contributed by atoms with Crippen molar-refractivity contribution in [1.82, 2.24) is 14.6 Å². The lowest BCUT2D eigenvalue weighted by Gasteiger charge is -2.29. The van der Waals surface area contributed by atoms with Crippen LogP contribution in [0, 0.1) is 12.8 Å². The average molecular weight is 388 g/mol. The van der Waals surface area contributed by atoms with Crippen molar-refractivity contribution < 1.29 is 13.2 Å². The largest absolute Gasteiger partial charge is 0.348 e. The normalized spacial score (nSPS) is 16.2. The second-order valence-corrected chi connectivity index (χ2v) is 9.05. The Morgan fingerprint density at radius 3 is 2.67 bits per heavy atom. The maximum Gasteiger partial charge on any atom is 0.251 e. The Labute approximate surface area is 160 Å². The van der Waals surface area contributed by atoms with Crippen molar-refractivity contribution in [3.63, 3.8) is 0 Å². The molecule has 0 unspecified atom stereocenters. The summed E-state index contributed by atoms with van der Waals surface area (Å²) in [5, 5.41) is 2.83. The lowest BCUT2D eigenvalue weighted by atomic mass is 10.0. The van der Waals surface area contributed by atoms with Gasteiger partial charge in [-0.3, -0.25) is 9.78 Å². The zero-order chi connectivity index (χ0) is 19.4. The molecular weight excluding hydrogens is 362 g/mol. The molecule has 1 N–H and O–H groups in total. The van der Waals surface area contributed by atoms with E-state index in [0.29, 0.717) is 31.1 Å². The molecule has 1 aromatic heterocycles. The Bertz CT molecular complexity index is 905. The predicted molar refractivity (Wildman–Crippen MR) is 104 cm³/mol. The number of benzene rings is 1. The van der Waals surface area contributed by atoms with Gasteiger partial charge in [-0.15, -0.1) is 0 Å². The number of piperidine rings is 1. The van der Waals surface area contributed by atoms with E-state index >= 15 is 0 Å². The minimum absolute atomic E-state index is 0.175. The molecule has 0 bridgehead atoms. The molecule has 144 valence electrons. The summed E-state index contributed by atoms with van der Waals surface area (Å²) >= 11 is 0. The number of carbonyl (C=O) groups is 1. The summed E-state index contributed by atoms with van der Waals surface area (Å²) in [5.41, 5.74) is 2.00. The maximum atomic E-state index is 12.9. The van der Waals surface area contributed by atoms with E-state index in [2.05, 4.69) is 17.2 Å². The molecular formula is C20H25N3O3S. The number of aromatic nitrogens is 1. The predicted octanol–water partition coefficient (Wildman–Crippen LogP) is 2.74. The van der Waals surface area contributed by atoms with Gasteiger partial charge in [0.25, 0.3) is 5.91 Å². The van der Waals surface area contributed by atoms with Crippen molar-refractivity contribution in [1.29, 1.82) is 0 Å². The Hall–Kier alpha value is -2.25. The van der Waals surface area contributed by atoms with Crippen molar-refractivity contribution in [3.8, 4) is 0 Å². The van der Waals surface area contributed by atoms with Gasteiger partial charge in [0.05, 0.1) is 4.90 Å². The molecule has 1 saturated heterocycles. The molecule has 2 aromatic rings. The summed E-state index contributed by atoms with van der Waals surface area (Å²) in [7, 11) is -3.58. The first-order valence-electron chi connectivity index (χ1n) is 9.16. The lowest BCUT2D eigenvalue weighted by Crippen LogP contribution is -2.38. The smallest absolute Gasteiger partial charge is 0.251 e. The van der Waals surface area contributed by atoms with Gasteiger partial charge in [-0.05, 0) is 55.0 Å². The molecule has 1 aliphatic rings. The SMILES string of the molecule is Cc1ccc(S(=O)(=O)N2CCC(C)CC2)cc1C(=O)NCc1cccnc1. The van der Waals surface area contributed by atoms with Gasteiger partial charge in [0.2, 0.25) is 10.0 Å². The van der Waals surface area contributed by atoms with Crippen LogP contribution in [0.25, 0.3) is 0 Å². The van der Waals surface area contributed by atoms with Crippen molar-refractivity contribution in [3.05, 3.63) is 59.4 Å². The summed E-state index contributed by atoms with van der Waals surface area (Å²) in [6.45, 7) is 5.34. The zero-order valence-corrected chi connectivity index (χ0v) is 16.5. The van der Waals surface area contributed by atoms with E-state index in [4.69, 9.17) is 0 Å². The number of amides is 1. The van der Waals surface area contributed by atoms with E-state index in [1.807, 2.05) is 6.07 Å². The highest BCUT2D eigenvalue weighted by atomic mass is 32.2. The van der Waals surface area contributed by atoms with Gasteiger partial charge in [-0.1, -0.05) is 19.1 Å². The summed E-state index contributed by atoms with van der Waals surface area (Å²) in [6.07, 6.45) is 5.09.